The average Bonchev–Trinajstić information content (AvgIpc) is 2.79. The van der Waals surface area contributed by atoms with Crippen molar-refractivity contribution in [3.8, 4) is 17.2 Å². The monoisotopic (exact) mass is 316 g/mol. The Morgan fingerprint density at radius 3 is 2.63 bits per heavy atom. The first-order valence-corrected chi connectivity index (χ1v) is 7.42. The Kier molecular flexibility index (Phi) is 3.37. The van der Waals surface area contributed by atoms with Crippen molar-refractivity contribution in [2.75, 3.05) is 5.75 Å². The summed E-state index contributed by atoms with van der Waals surface area (Å²) in [7, 11) is 0. The molecule has 4 nitrogen and oxygen atoms in total. The first-order chi connectivity index (χ1) is 9.04. The van der Waals surface area contributed by atoms with Crippen molar-refractivity contribution in [3.63, 3.8) is 0 Å². The topological polar surface area (TPSA) is 59.2 Å². The highest BCUT2D eigenvalue weighted by Gasteiger charge is 2.51. The maximum absolute atomic E-state index is 9.21. The molecule has 100 valence electrons. The molecule has 3 rings (SSSR count). The van der Waals surface area contributed by atoms with Gasteiger partial charge in [0.15, 0.2) is 0 Å². The predicted octanol–water partition coefficient (Wildman–Crippen LogP) is 3.73. The van der Waals surface area contributed by atoms with Crippen LogP contribution in [0.5, 0.6) is 5.75 Å². The fourth-order valence-corrected chi connectivity index (χ4v) is 3.30. The summed E-state index contributed by atoms with van der Waals surface area (Å²) < 4.78 is 4.95. The number of halogens is 2. The average molecular weight is 317 g/mol. The number of hydrogen-bond acceptors (Lipinski definition) is 5. The number of hydrogen-bond donors (Lipinski definition) is 1. The number of aromatic hydroxyl groups is 1. The minimum absolute atomic E-state index is 0.201. The molecule has 0 amide bonds. The van der Waals surface area contributed by atoms with Crippen molar-refractivity contribution >= 4 is 35.0 Å². The lowest BCUT2D eigenvalue weighted by atomic mass is 10.2. The van der Waals surface area contributed by atoms with E-state index in [-0.39, 0.29) is 11.7 Å². The molecular formula is C12H10Cl2N2O2S. The molecule has 1 unspecified atom stereocenters. The third kappa shape index (κ3) is 2.99. The second-order valence-electron chi connectivity index (χ2n) is 4.39. The van der Waals surface area contributed by atoms with Crippen LogP contribution in [0.15, 0.2) is 33.9 Å². The number of phenols is 1. The molecule has 1 aliphatic carbocycles. The van der Waals surface area contributed by atoms with E-state index in [0.29, 0.717) is 11.1 Å². The molecule has 1 N–H and O–H groups in total. The molecule has 7 heteroatoms. The van der Waals surface area contributed by atoms with Gasteiger partial charge in [-0.05, 0) is 30.7 Å². The highest BCUT2D eigenvalue weighted by atomic mass is 35.5. The van der Waals surface area contributed by atoms with Gasteiger partial charge in [-0.15, -0.1) is 33.4 Å². The van der Waals surface area contributed by atoms with E-state index in [0.717, 1.165) is 17.7 Å². The smallest absolute Gasteiger partial charge is 0.276 e. The van der Waals surface area contributed by atoms with Gasteiger partial charge in [0.05, 0.1) is 0 Å². The molecule has 0 radical (unpaired) electrons. The third-order valence-electron chi connectivity index (χ3n) is 2.88. The van der Waals surface area contributed by atoms with Crippen LogP contribution in [0.2, 0.25) is 0 Å². The summed E-state index contributed by atoms with van der Waals surface area (Å²) in [6.45, 7) is 0. The first-order valence-electron chi connectivity index (χ1n) is 5.68. The Morgan fingerprint density at radius 1 is 1.32 bits per heavy atom. The molecule has 0 saturated heterocycles. The fraction of sp³-hybridized carbons (Fsp3) is 0.333. The Bertz CT molecular complexity index is 586. The van der Waals surface area contributed by atoms with Crippen LogP contribution in [0.3, 0.4) is 0 Å². The van der Waals surface area contributed by atoms with E-state index in [1.165, 1.54) is 11.8 Å². The van der Waals surface area contributed by atoms with Gasteiger partial charge in [0.2, 0.25) is 5.89 Å². The van der Waals surface area contributed by atoms with E-state index in [4.69, 9.17) is 27.6 Å². The van der Waals surface area contributed by atoms with Crippen molar-refractivity contribution in [1.82, 2.24) is 10.2 Å². The summed E-state index contributed by atoms with van der Waals surface area (Å²) in [5, 5.41) is 17.6. The molecule has 0 bridgehead atoms. The zero-order chi connectivity index (χ0) is 13.5. The number of rotatable bonds is 4. The van der Waals surface area contributed by atoms with E-state index in [1.807, 2.05) is 0 Å². The first kappa shape index (κ1) is 13.1. The van der Waals surface area contributed by atoms with E-state index < -0.39 is 4.33 Å². The van der Waals surface area contributed by atoms with Crippen molar-refractivity contribution in [1.29, 1.82) is 0 Å². The van der Waals surface area contributed by atoms with Crippen molar-refractivity contribution in [3.05, 3.63) is 24.3 Å². The third-order valence-corrected chi connectivity index (χ3v) is 4.79. The Morgan fingerprint density at radius 2 is 2.00 bits per heavy atom. The van der Waals surface area contributed by atoms with Gasteiger partial charge in [0, 0.05) is 17.2 Å². The maximum Gasteiger partial charge on any atom is 0.276 e. The summed E-state index contributed by atoms with van der Waals surface area (Å²) in [6.07, 6.45) is 0.808. The van der Waals surface area contributed by atoms with Crippen LogP contribution < -0.4 is 0 Å². The SMILES string of the molecule is Oc1ccc(-c2nnc(SCC3CC3(Cl)Cl)o2)cc1. The molecule has 1 saturated carbocycles. The molecule has 1 heterocycles. The lowest BCUT2D eigenvalue weighted by Gasteiger charge is -1.96. The molecular weight excluding hydrogens is 307 g/mol. The molecule has 1 aromatic heterocycles. The van der Waals surface area contributed by atoms with Crippen LogP contribution in [-0.2, 0) is 0 Å². The minimum atomic E-state index is -0.577. The minimum Gasteiger partial charge on any atom is -0.508 e. The van der Waals surface area contributed by atoms with Crippen LogP contribution in [0.4, 0.5) is 0 Å². The number of aromatic nitrogens is 2. The number of nitrogens with zero attached hydrogens (tertiary/aromatic N) is 2. The largest absolute Gasteiger partial charge is 0.508 e. The molecule has 19 heavy (non-hydrogen) atoms. The van der Waals surface area contributed by atoms with Crippen LogP contribution >= 0.6 is 35.0 Å². The van der Waals surface area contributed by atoms with E-state index in [1.54, 1.807) is 24.3 Å². The molecule has 2 aromatic rings. The quantitative estimate of drug-likeness (QED) is 0.688. The highest BCUT2D eigenvalue weighted by molar-refractivity contribution is 7.99. The van der Waals surface area contributed by atoms with Crippen LogP contribution in [-0.4, -0.2) is 25.4 Å². The summed E-state index contributed by atoms with van der Waals surface area (Å²) in [4.78, 5) is 0. The summed E-state index contributed by atoms with van der Waals surface area (Å²) >= 11 is 13.4. The second-order valence-corrected chi connectivity index (χ2v) is 6.91. The Labute approximate surface area is 124 Å². The van der Waals surface area contributed by atoms with E-state index in [9.17, 15) is 5.11 Å². The van der Waals surface area contributed by atoms with Gasteiger partial charge in [-0.25, -0.2) is 0 Å². The van der Waals surface area contributed by atoms with Crippen molar-refractivity contribution in [2.45, 2.75) is 16.0 Å². The zero-order valence-electron chi connectivity index (χ0n) is 9.72. The molecule has 1 aromatic carbocycles. The second kappa shape index (κ2) is 4.89. The van der Waals surface area contributed by atoms with Crippen molar-refractivity contribution in [2.24, 2.45) is 5.92 Å². The van der Waals surface area contributed by atoms with Crippen LogP contribution in [0.1, 0.15) is 6.42 Å². The van der Waals surface area contributed by atoms with Gasteiger partial charge in [-0.1, -0.05) is 11.8 Å². The standard InChI is InChI=1S/C12H10Cl2N2O2S/c13-12(14)5-8(12)6-19-11-16-15-10(18-11)7-1-3-9(17)4-2-7/h1-4,8,17H,5-6H2. The van der Waals surface area contributed by atoms with Gasteiger partial charge in [0.1, 0.15) is 10.1 Å². The number of benzene rings is 1. The highest BCUT2D eigenvalue weighted by Crippen LogP contribution is 2.54. The number of alkyl halides is 2. The molecule has 1 atom stereocenters. The molecule has 0 spiro atoms. The lowest BCUT2D eigenvalue weighted by molar-refractivity contribution is 0.464. The predicted molar refractivity (Wildman–Crippen MR) is 74.7 cm³/mol. The summed E-state index contributed by atoms with van der Waals surface area (Å²) in [5.74, 6) is 1.68. The van der Waals surface area contributed by atoms with Crippen molar-refractivity contribution < 1.29 is 9.52 Å². The van der Waals surface area contributed by atoms with E-state index >= 15 is 0 Å². The van der Waals surface area contributed by atoms with E-state index in [2.05, 4.69) is 10.2 Å². The molecule has 0 aliphatic heterocycles. The van der Waals surface area contributed by atoms with Gasteiger partial charge >= 0.3 is 0 Å². The van der Waals surface area contributed by atoms with Gasteiger partial charge in [0.25, 0.3) is 5.22 Å². The Balaban J connectivity index is 1.64. The molecule has 1 aliphatic rings. The normalized spacial score (nSPS) is 20.4. The van der Waals surface area contributed by atoms with Gasteiger partial charge < -0.3 is 9.52 Å². The van der Waals surface area contributed by atoms with Crippen LogP contribution in [0, 0.1) is 5.92 Å². The zero-order valence-corrected chi connectivity index (χ0v) is 12.0. The maximum atomic E-state index is 9.21. The number of thioether (sulfide) groups is 1. The van der Waals surface area contributed by atoms with Gasteiger partial charge in [-0.3, -0.25) is 0 Å². The molecule has 1 fully saturated rings. The van der Waals surface area contributed by atoms with Crippen LogP contribution in [0.25, 0.3) is 11.5 Å². The summed E-state index contributed by atoms with van der Waals surface area (Å²) in [6, 6.07) is 6.60. The Hall–Kier alpha value is -0.910. The lowest BCUT2D eigenvalue weighted by Crippen LogP contribution is -1.92. The summed E-state index contributed by atoms with van der Waals surface area (Å²) in [5.41, 5.74) is 0.771. The number of phenolic OH excluding ortho intramolecular Hbond substituents is 1. The fourth-order valence-electron chi connectivity index (χ4n) is 1.61. The van der Waals surface area contributed by atoms with Gasteiger partial charge in [-0.2, -0.15) is 0 Å².